The van der Waals surface area contributed by atoms with Gasteiger partial charge in [0.15, 0.2) is 0 Å². The van der Waals surface area contributed by atoms with E-state index in [9.17, 15) is 0 Å². The summed E-state index contributed by atoms with van der Waals surface area (Å²) in [5.74, 6) is 2.16. The average Bonchev–Trinajstić information content (AvgIpc) is 4.02. The topological polar surface area (TPSA) is 3.24 Å². The lowest BCUT2D eigenvalue weighted by molar-refractivity contribution is 0.338. The number of para-hydroxylation sites is 1. The molecule has 0 amide bonds. The number of nitrogens with zero attached hydrogens (tertiary/aromatic N) is 1. The molecule has 0 spiro atoms. The molecule has 0 N–H and O–H groups in total. The molecule has 9 aromatic rings. The lowest BCUT2D eigenvalue weighted by Gasteiger charge is -2.26. The minimum absolute atomic E-state index is 0.0661. The van der Waals surface area contributed by atoms with Crippen LogP contribution in [0.2, 0.25) is 5.02 Å². The first-order valence-electron chi connectivity index (χ1n) is 29.3. The highest BCUT2D eigenvalue weighted by Gasteiger charge is 2.35. The predicted octanol–water partition coefficient (Wildman–Crippen LogP) is 25.4. The van der Waals surface area contributed by atoms with Crippen molar-refractivity contribution >= 4 is 112 Å². The summed E-state index contributed by atoms with van der Waals surface area (Å²) in [5.41, 5.74) is 16.5. The number of alkyl halides is 2. The van der Waals surface area contributed by atoms with Gasteiger partial charge < -0.3 is 4.90 Å². The van der Waals surface area contributed by atoms with E-state index in [1.807, 2.05) is 42.5 Å². The van der Waals surface area contributed by atoms with Crippen LogP contribution >= 0.6 is 95.3 Å². The molecule has 0 aromatic heterocycles. The Balaban J connectivity index is 0.000000141. The van der Waals surface area contributed by atoms with Crippen LogP contribution in [0.4, 0.5) is 17.1 Å². The fourth-order valence-electron chi connectivity index (χ4n) is 11.5. The number of benzene rings is 9. The minimum atomic E-state index is 0.0661. The number of hydrogen-bond acceptors (Lipinski definition) is 1. The Hall–Kier alpha value is -4.26. The third kappa shape index (κ3) is 18.4. The van der Waals surface area contributed by atoms with Gasteiger partial charge in [-0.1, -0.05) is 297 Å². The van der Waals surface area contributed by atoms with Gasteiger partial charge in [0.25, 0.3) is 0 Å². The van der Waals surface area contributed by atoms with E-state index in [0.29, 0.717) is 0 Å². The smallest absolute Gasteiger partial charge is 0.0462 e. The van der Waals surface area contributed by atoms with E-state index in [2.05, 4.69) is 297 Å². The molecule has 0 bridgehead atoms. The normalized spacial score (nSPS) is 15.8. The van der Waals surface area contributed by atoms with Gasteiger partial charge in [-0.3, -0.25) is 0 Å². The fourth-order valence-corrected chi connectivity index (χ4v) is 14.0. The summed E-state index contributed by atoms with van der Waals surface area (Å²) in [6.07, 6.45) is 19.3. The van der Waals surface area contributed by atoms with Crippen molar-refractivity contribution in [3.8, 4) is 44.5 Å². The first-order chi connectivity index (χ1) is 39.5. The van der Waals surface area contributed by atoms with Crippen molar-refractivity contribution < 1.29 is 0 Å². The van der Waals surface area contributed by atoms with Gasteiger partial charge in [0.1, 0.15) is 0 Å². The van der Waals surface area contributed by atoms with Crippen molar-refractivity contribution in [1.82, 2.24) is 0 Å². The molecule has 2 saturated carbocycles. The van der Waals surface area contributed by atoms with E-state index in [4.69, 9.17) is 11.6 Å². The van der Waals surface area contributed by atoms with E-state index in [-0.39, 0.29) is 5.41 Å². The molecule has 2 atom stereocenters. The molecule has 418 valence electrons. The molecule has 81 heavy (non-hydrogen) atoms. The molecule has 0 aliphatic heterocycles. The van der Waals surface area contributed by atoms with Gasteiger partial charge in [-0.2, -0.15) is 0 Å². The molecule has 3 aliphatic rings. The number of anilines is 3. The molecule has 1 nitrogen and oxygen atoms in total. The van der Waals surface area contributed by atoms with Gasteiger partial charge in [0.2, 0.25) is 0 Å². The molecule has 2 fully saturated rings. The predicted molar refractivity (Wildman–Crippen MR) is 383 cm³/mol. The Bertz CT molecular complexity index is 3230. The van der Waals surface area contributed by atoms with Gasteiger partial charge in [-0.25, -0.2) is 0 Å². The summed E-state index contributed by atoms with van der Waals surface area (Å²) in [5, 5.41) is 0.737. The average molecular weight is 1490 g/mol. The maximum absolute atomic E-state index is 6.08. The van der Waals surface area contributed by atoms with E-state index >= 15 is 0 Å². The van der Waals surface area contributed by atoms with E-state index in [1.165, 1.54) is 147 Å². The summed E-state index contributed by atoms with van der Waals surface area (Å²) in [6, 6.07) is 80.4. The van der Waals surface area contributed by atoms with Crippen LogP contribution in [0.1, 0.15) is 115 Å². The quantitative estimate of drug-likeness (QED) is 0.0922. The molecular weight excluding hydrogens is 1410 g/mol. The molecule has 2 unspecified atom stereocenters. The van der Waals surface area contributed by atoms with Gasteiger partial charge in [0, 0.05) is 39.5 Å². The lowest BCUT2D eigenvalue weighted by atomic mass is 9.81. The fraction of sp³-hybridized carbons (Fsp3) is 0.280. The Labute approximate surface area is 540 Å². The third-order valence-electron chi connectivity index (χ3n) is 16.0. The molecule has 6 heteroatoms. The van der Waals surface area contributed by atoms with Crippen molar-refractivity contribution in [1.29, 1.82) is 0 Å². The SMILES string of the molecule is Brc1ccc(-c2ccccc2)cc1.CC1(C)c2cc(I)ccc2-c2ccc(-c3ccccc3)cc21.CCCC1CCCCC1I.Clc1ccc(N(c2ccccc2)c2ccc(-c3ccccc3)cc2)cc1.ICCCC1CCCCC1. The molecule has 12 rings (SSSR count). The van der Waals surface area contributed by atoms with E-state index in [0.717, 1.165) is 42.3 Å². The number of fused-ring (bicyclic) bond motifs is 3. The standard InChI is InChI=1S/C24H18ClN.C21H17I.C12H9Br.2C9H17I/c25-21-13-17-24(18-14-21)26(22-9-5-2-6-10-22)23-15-11-20(12-16-23)19-7-3-1-4-8-19;1-21(2)19-12-15(14-6-4-3-5-7-14)8-10-17(19)18-11-9-16(22)13-20(18)21;13-12-8-6-11(7-9-12)10-4-2-1-3-5-10;1-2-5-8-6-3-4-7-9(8)10;10-8-4-7-9-5-2-1-3-6-9/h1-18H;3-13H,1-2H3;1-9H;8-9H,2-7H2,1H3;9H,1-8H2. The Morgan fingerprint density at radius 1 is 0.481 bits per heavy atom. The van der Waals surface area contributed by atoms with Crippen LogP contribution in [0, 0.1) is 15.4 Å². The van der Waals surface area contributed by atoms with E-state index in [1.54, 1.807) is 0 Å². The molecule has 0 heterocycles. The number of halogens is 5. The second-order valence-electron chi connectivity index (χ2n) is 22.1. The van der Waals surface area contributed by atoms with Crippen LogP contribution in [0.25, 0.3) is 44.5 Å². The zero-order valence-electron chi connectivity index (χ0n) is 47.4. The van der Waals surface area contributed by atoms with Crippen molar-refractivity contribution in [2.45, 2.75) is 114 Å². The maximum Gasteiger partial charge on any atom is 0.0462 e. The van der Waals surface area contributed by atoms with Crippen LogP contribution < -0.4 is 4.90 Å². The van der Waals surface area contributed by atoms with Crippen LogP contribution in [0.5, 0.6) is 0 Å². The Morgan fingerprint density at radius 2 is 0.914 bits per heavy atom. The lowest BCUT2D eigenvalue weighted by Crippen LogP contribution is -2.18. The summed E-state index contributed by atoms with van der Waals surface area (Å²) in [4.78, 5) is 2.23. The Kier molecular flexibility index (Phi) is 25.3. The summed E-state index contributed by atoms with van der Waals surface area (Å²) in [7, 11) is 0. The zero-order valence-corrected chi connectivity index (χ0v) is 56.2. The maximum atomic E-state index is 6.08. The zero-order chi connectivity index (χ0) is 56.8. The summed E-state index contributed by atoms with van der Waals surface area (Å²) < 4.78 is 4.77. The monoisotopic (exact) mass is 1490 g/mol. The van der Waals surface area contributed by atoms with Crippen molar-refractivity contribution in [2.24, 2.45) is 11.8 Å². The molecule has 0 saturated heterocycles. The van der Waals surface area contributed by atoms with Gasteiger partial charge in [0.05, 0.1) is 0 Å². The van der Waals surface area contributed by atoms with Crippen LogP contribution in [0.3, 0.4) is 0 Å². The number of hydrogen-bond donors (Lipinski definition) is 0. The Morgan fingerprint density at radius 3 is 1.44 bits per heavy atom. The van der Waals surface area contributed by atoms with Crippen molar-refractivity contribution in [3.05, 3.63) is 255 Å². The van der Waals surface area contributed by atoms with E-state index < -0.39 is 0 Å². The highest BCUT2D eigenvalue weighted by atomic mass is 127. The van der Waals surface area contributed by atoms with Gasteiger partial charge >= 0.3 is 0 Å². The largest absolute Gasteiger partial charge is 0.311 e. The molecule has 0 radical (unpaired) electrons. The molecular formula is C75H78BrClI3N. The summed E-state index contributed by atoms with van der Waals surface area (Å²) >= 11 is 17.0. The van der Waals surface area contributed by atoms with Gasteiger partial charge in [-0.15, -0.1) is 0 Å². The second kappa shape index (κ2) is 32.7. The minimum Gasteiger partial charge on any atom is -0.311 e. The summed E-state index contributed by atoms with van der Waals surface area (Å²) in [6.45, 7) is 6.98. The first-order valence-corrected chi connectivity index (χ1v) is 34.3. The van der Waals surface area contributed by atoms with Crippen LogP contribution in [0.15, 0.2) is 235 Å². The van der Waals surface area contributed by atoms with Crippen LogP contribution in [-0.4, -0.2) is 8.35 Å². The highest BCUT2D eigenvalue weighted by Crippen LogP contribution is 2.50. The molecule has 3 aliphatic carbocycles. The highest BCUT2D eigenvalue weighted by molar-refractivity contribution is 14.1. The first kappa shape index (κ1) is 62.8. The third-order valence-corrected chi connectivity index (χ3v) is 19.8. The molecule has 9 aromatic carbocycles. The van der Waals surface area contributed by atoms with Crippen molar-refractivity contribution in [2.75, 3.05) is 9.33 Å². The van der Waals surface area contributed by atoms with Crippen molar-refractivity contribution in [3.63, 3.8) is 0 Å². The van der Waals surface area contributed by atoms with Gasteiger partial charge in [-0.05, 0) is 205 Å². The van der Waals surface area contributed by atoms with Crippen LogP contribution in [-0.2, 0) is 5.41 Å². The second-order valence-corrected chi connectivity index (χ2v) is 27.3. The number of rotatable bonds is 11.